The van der Waals surface area contributed by atoms with Gasteiger partial charge in [-0.15, -0.1) is 0 Å². The summed E-state index contributed by atoms with van der Waals surface area (Å²) < 4.78 is 0. The highest BCUT2D eigenvalue weighted by Crippen LogP contribution is 2.41. The summed E-state index contributed by atoms with van der Waals surface area (Å²) in [5.74, 6) is 0.403. The van der Waals surface area contributed by atoms with E-state index in [1.165, 1.54) is 5.56 Å². The lowest BCUT2D eigenvalue weighted by atomic mass is 9.79. The van der Waals surface area contributed by atoms with E-state index >= 15 is 0 Å². The van der Waals surface area contributed by atoms with E-state index in [1.54, 1.807) is 0 Å². The normalized spacial score (nSPS) is 12.7. The number of aromatic hydroxyl groups is 1. The highest BCUT2D eigenvalue weighted by molar-refractivity contribution is 5.64. The Hall–Kier alpha value is -1.18. The van der Waals surface area contributed by atoms with Crippen molar-refractivity contribution in [1.82, 2.24) is 0 Å². The summed E-state index contributed by atoms with van der Waals surface area (Å²) in [6, 6.07) is 4.23. The fourth-order valence-corrected chi connectivity index (χ4v) is 1.96. The van der Waals surface area contributed by atoms with Gasteiger partial charge >= 0.3 is 0 Å². The van der Waals surface area contributed by atoms with Crippen LogP contribution < -0.4 is 4.90 Å². The Kier molecular flexibility index (Phi) is 3.71. The van der Waals surface area contributed by atoms with Crippen molar-refractivity contribution in [3.63, 3.8) is 0 Å². The predicted molar refractivity (Wildman–Crippen MR) is 79.8 cm³/mol. The Labute approximate surface area is 112 Å². The molecule has 2 heteroatoms. The van der Waals surface area contributed by atoms with Crippen LogP contribution in [0.1, 0.15) is 52.7 Å². The van der Waals surface area contributed by atoms with Crippen LogP contribution >= 0.6 is 0 Å². The van der Waals surface area contributed by atoms with Gasteiger partial charge in [-0.05, 0) is 22.5 Å². The molecule has 0 saturated carbocycles. The monoisotopic (exact) mass is 249 g/mol. The van der Waals surface area contributed by atoms with E-state index in [0.29, 0.717) is 5.75 Å². The van der Waals surface area contributed by atoms with Crippen molar-refractivity contribution < 1.29 is 5.11 Å². The van der Waals surface area contributed by atoms with Crippen molar-refractivity contribution in [1.29, 1.82) is 0 Å². The first-order valence-electron chi connectivity index (χ1n) is 6.50. The summed E-state index contributed by atoms with van der Waals surface area (Å²) in [5, 5.41) is 10.4. The second-order valence-electron chi connectivity index (χ2n) is 7.29. The molecular weight excluding hydrogens is 222 g/mol. The molecule has 1 aromatic rings. The average Bonchev–Trinajstić information content (AvgIpc) is 2.13. The van der Waals surface area contributed by atoms with Crippen LogP contribution in [0.25, 0.3) is 0 Å². The largest absolute Gasteiger partial charge is 0.505 e. The maximum absolute atomic E-state index is 10.4. The Bertz CT molecular complexity index is 434. The van der Waals surface area contributed by atoms with Gasteiger partial charge in [0.1, 0.15) is 5.75 Å². The third kappa shape index (κ3) is 2.98. The van der Waals surface area contributed by atoms with Crippen molar-refractivity contribution in [3.8, 4) is 5.75 Å². The molecule has 0 aromatic heterocycles. The van der Waals surface area contributed by atoms with Gasteiger partial charge < -0.3 is 10.0 Å². The van der Waals surface area contributed by atoms with E-state index in [9.17, 15) is 5.11 Å². The molecule has 102 valence electrons. The van der Waals surface area contributed by atoms with E-state index < -0.39 is 0 Å². The molecule has 0 radical (unpaired) electrons. The highest BCUT2D eigenvalue weighted by Gasteiger charge is 2.25. The molecule has 0 aliphatic rings. The zero-order valence-electron chi connectivity index (χ0n) is 13.0. The lowest BCUT2D eigenvalue weighted by molar-refractivity contribution is 0.445. The molecule has 0 heterocycles. The minimum absolute atomic E-state index is 0.0594. The molecule has 1 rings (SSSR count). The molecule has 0 saturated heterocycles. The number of anilines is 1. The maximum atomic E-state index is 10.4. The molecule has 0 amide bonds. The first kappa shape index (κ1) is 14.9. The van der Waals surface area contributed by atoms with E-state index in [4.69, 9.17) is 0 Å². The van der Waals surface area contributed by atoms with Crippen LogP contribution in [0.4, 0.5) is 5.69 Å². The number of nitrogens with zero attached hydrogens (tertiary/aromatic N) is 1. The molecule has 0 unspecified atom stereocenters. The molecule has 0 aliphatic heterocycles. The molecule has 1 aromatic carbocycles. The lowest BCUT2D eigenvalue weighted by Gasteiger charge is -2.29. The van der Waals surface area contributed by atoms with Gasteiger partial charge in [-0.2, -0.15) is 0 Å². The number of benzene rings is 1. The second kappa shape index (κ2) is 4.49. The Morgan fingerprint density at radius 3 is 1.72 bits per heavy atom. The summed E-state index contributed by atoms with van der Waals surface area (Å²) in [4.78, 5) is 1.97. The molecule has 1 N–H and O–H groups in total. The Morgan fingerprint density at radius 1 is 0.889 bits per heavy atom. The van der Waals surface area contributed by atoms with Gasteiger partial charge in [0, 0.05) is 19.7 Å². The first-order valence-corrected chi connectivity index (χ1v) is 6.50. The quantitative estimate of drug-likeness (QED) is 0.811. The fraction of sp³-hybridized carbons (Fsp3) is 0.625. The molecule has 0 aliphatic carbocycles. The van der Waals surface area contributed by atoms with Crippen molar-refractivity contribution >= 4 is 5.69 Å². The summed E-state index contributed by atoms with van der Waals surface area (Å²) in [6.45, 7) is 13.0. The van der Waals surface area contributed by atoms with Gasteiger partial charge in [0.15, 0.2) is 0 Å². The minimum Gasteiger partial charge on any atom is -0.505 e. The van der Waals surface area contributed by atoms with Gasteiger partial charge in [-0.3, -0.25) is 0 Å². The van der Waals surface area contributed by atoms with E-state index in [-0.39, 0.29) is 10.8 Å². The van der Waals surface area contributed by atoms with Gasteiger partial charge in [0.25, 0.3) is 0 Å². The van der Waals surface area contributed by atoms with E-state index in [0.717, 1.165) is 11.3 Å². The van der Waals surface area contributed by atoms with Gasteiger partial charge in [-0.25, -0.2) is 0 Å². The van der Waals surface area contributed by atoms with Crippen LogP contribution in [0.2, 0.25) is 0 Å². The number of rotatable bonds is 1. The first-order chi connectivity index (χ1) is 7.94. The Balaban J connectivity index is 3.58. The van der Waals surface area contributed by atoms with Gasteiger partial charge in [0.2, 0.25) is 0 Å². The maximum Gasteiger partial charge on any atom is 0.142 e. The zero-order valence-corrected chi connectivity index (χ0v) is 13.0. The molecular formula is C16H27NO. The van der Waals surface area contributed by atoms with Crippen LogP contribution in [-0.2, 0) is 10.8 Å². The molecule has 18 heavy (non-hydrogen) atoms. The van der Waals surface area contributed by atoms with Crippen LogP contribution in [0, 0.1) is 0 Å². The SMILES string of the molecule is CN(C)c1cc(C(C)(C)C)cc(C(C)(C)C)c1O. The van der Waals surface area contributed by atoms with Crippen LogP contribution in [-0.4, -0.2) is 19.2 Å². The summed E-state index contributed by atoms with van der Waals surface area (Å²) >= 11 is 0. The topological polar surface area (TPSA) is 23.5 Å². The Morgan fingerprint density at radius 2 is 1.39 bits per heavy atom. The number of phenols is 1. The van der Waals surface area contributed by atoms with E-state index in [1.807, 2.05) is 19.0 Å². The molecule has 0 bridgehead atoms. The lowest BCUT2D eigenvalue weighted by Crippen LogP contribution is -2.19. The molecule has 0 fully saturated rings. The standard InChI is InChI=1S/C16H27NO/c1-15(2,3)11-9-12(16(4,5)6)14(18)13(10-11)17(7)8/h9-10,18H,1-8H3. The van der Waals surface area contributed by atoms with Crippen molar-refractivity contribution in [2.24, 2.45) is 0 Å². The molecule has 2 nitrogen and oxygen atoms in total. The average molecular weight is 249 g/mol. The van der Waals surface area contributed by atoms with E-state index in [2.05, 4.69) is 53.7 Å². The van der Waals surface area contributed by atoms with Crippen LogP contribution in [0.15, 0.2) is 12.1 Å². The smallest absolute Gasteiger partial charge is 0.142 e. The van der Waals surface area contributed by atoms with Crippen molar-refractivity contribution in [2.75, 3.05) is 19.0 Å². The predicted octanol–water partition coefficient (Wildman–Crippen LogP) is 4.05. The van der Waals surface area contributed by atoms with Crippen LogP contribution in [0.5, 0.6) is 5.75 Å². The summed E-state index contributed by atoms with van der Waals surface area (Å²) in [6.07, 6.45) is 0. The summed E-state index contributed by atoms with van der Waals surface area (Å²) in [5.41, 5.74) is 3.19. The van der Waals surface area contributed by atoms with Crippen molar-refractivity contribution in [2.45, 2.75) is 52.4 Å². The minimum atomic E-state index is -0.0594. The third-order valence-corrected chi connectivity index (χ3v) is 3.25. The highest BCUT2D eigenvalue weighted by atomic mass is 16.3. The van der Waals surface area contributed by atoms with Gasteiger partial charge in [-0.1, -0.05) is 47.6 Å². The van der Waals surface area contributed by atoms with Crippen LogP contribution in [0.3, 0.4) is 0 Å². The second-order valence-corrected chi connectivity index (χ2v) is 7.29. The zero-order chi connectivity index (χ0) is 14.3. The number of hydrogen-bond donors (Lipinski definition) is 1. The van der Waals surface area contributed by atoms with Crippen molar-refractivity contribution in [3.05, 3.63) is 23.3 Å². The number of phenolic OH excluding ortho intramolecular Hbond substituents is 1. The van der Waals surface area contributed by atoms with Gasteiger partial charge in [0.05, 0.1) is 5.69 Å². The summed E-state index contributed by atoms with van der Waals surface area (Å²) in [7, 11) is 3.93. The fourth-order valence-electron chi connectivity index (χ4n) is 1.96. The third-order valence-electron chi connectivity index (χ3n) is 3.25. The molecule has 0 atom stereocenters. The molecule has 0 spiro atoms. The number of hydrogen-bond acceptors (Lipinski definition) is 2.